The highest BCUT2D eigenvalue weighted by atomic mass is 35.5. The molecule has 0 spiro atoms. The molecular formula is C16H20ClFN4O. The number of rotatable bonds is 3. The van der Waals surface area contributed by atoms with Crippen molar-refractivity contribution < 1.29 is 8.91 Å². The highest BCUT2D eigenvalue weighted by molar-refractivity contribution is 5.85. The Bertz CT molecular complexity index is 648. The minimum Gasteiger partial charge on any atom is -0.338 e. The third kappa shape index (κ3) is 3.71. The monoisotopic (exact) mass is 338 g/mol. The van der Waals surface area contributed by atoms with Gasteiger partial charge in [0.05, 0.1) is 6.54 Å². The number of likely N-dealkylation sites (tertiary alicyclic amines) is 1. The van der Waals surface area contributed by atoms with E-state index in [9.17, 15) is 4.39 Å². The van der Waals surface area contributed by atoms with Gasteiger partial charge in [0.15, 0.2) is 0 Å². The summed E-state index contributed by atoms with van der Waals surface area (Å²) >= 11 is 0. The first kappa shape index (κ1) is 16.4. The van der Waals surface area contributed by atoms with E-state index in [0.29, 0.717) is 30.3 Å². The Kier molecular flexibility index (Phi) is 4.94. The van der Waals surface area contributed by atoms with Gasteiger partial charge >= 0.3 is 0 Å². The zero-order valence-corrected chi connectivity index (χ0v) is 13.6. The first-order valence-corrected chi connectivity index (χ1v) is 7.83. The number of benzene rings is 1. The number of nitrogens with one attached hydrogen (secondary N) is 1. The molecule has 5 nitrogen and oxygen atoms in total. The maximum Gasteiger partial charge on any atom is 0.241 e. The van der Waals surface area contributed by atoms with Crippen LogP contribution in [0.5, 0.6) is 0 Å². The summed E-state index contributed by atoms with van der Waals surface area (Å²) in [5.41, 5.74) is 0.771. The Morgan fingerprint density at radius 3 is 2.78 bits per heavy atom. The van der Waals surface area contributed by atoms with Crippen molar-refractivity contribution in [3.8, 4) is 11.4 Å². The van der Waals surface area contributed by atoms with Crippen LogP contribution in [0.15, 0.2) is 28.8 Å². The fraction of sp³-hybridized carbons (Fsp3) is 0.500. The quantitative estimate of drug-likeness (QED) is 0.932. The summed E-state index contributed by atoms with van der Waals surface area (Å²) < 4.78 is 18.3. The van der Waals surface area contributed by atoms with Crippen molar-refractivity contribution in [2.45, 2.75) is 37.9 Å². The summed E-state index contributed by atoms with van der Waals surface area (Å²) in [6, 6.07) is 7.40. The number of hydrogen-bond acceptors (Lipinski definition) is 5. The molecule has 2 saturated heterocycles. The molecule has 3 heterocycles. The standard InChI is InChI=1S/C16H19FN4O.ClH/c17-12-3-1-11(2-4-12)16-19-15(22-20-16)10-21-8-7-13-5-6-14(9-21)18-13;/h1-4,13-14,18H,5-10H2;1H. The Hall–Kier alpha value is -1.50. The Morgan fingerprint density at radius 2 is 1.96 bits per heavy atom. The van der Waals surface area contributed by atoms with Gasteiger partial charge in [0.2, 0.25) is 11.7 Å². The number of fused-ring (bicyclic) bond motifs is 2. The van der Waals surface area contributed by atoms with E-state index in [2.05, 4.69) is 20.4 Å². The number of halogens is 2. The predicted octanol–water partition coefficient (Wildman–Crippen LogP) is 2.62. The van der Waals surface area contributed by atoms with Gasteiger partial charge in [0, 0.05) is 30.7 Å². The Labute approximate surface area is 140 Å². The van der Waals surface area contributed by atoms with Gasteiger partial charge in [-0.15, -0.1) is 12.4 Å². The minimum atomic E-state index is -0.264. The van der Waals surface area contributed by atoms with E-state index < -0.39 is 0 Å². The second kappa shape index (κ2) is 6.95. The summed E-state index contributed by atoms with van der Waals surface area (Å²) in [5.74, 6) is 0.876. The maximum absolute atomic E-state index is 13.0. The highest BCUT2D eigenvalue weighted by Crippen LogP contribution is 2.22. The molecule has 2 aliphatic heterocycles. The van der Waals surface area contributed by atoms with E-state index >= 15 is 0 Å². The molecule has 4 rings (SSSR count). The maximum atomic E-state index is 13.0. The number of hydrogen-bond donors (Lipinski definition) is 1. The predicted molar refractivity (Wildman–Crippen MR) is 86.8 cm³/mol. The fourth-order valence-corrected chi connectivity index (χ4v) is 3.39. The van der Waals surface area contributed by atoms with Crippen LogP contribution in [0, 0.1) is 5.82 Å². The van der Waals surface area contributed by atoms with Crippen molar-refractivity contribution in [1.29, 1.82) is 0 Å². The van der Waals surface area contributed by atoms with Gasteiger partial charge in [-0.25, -0.2) is 4.39 Å². The largest absolute Gasteiger partial charge is 0.338 e. The summed E-state index contributed by atoms with van der Waals surface area (Å²) in [4.78, 5) is 6.81. The van der Waals surface area contributed by atoms with Crippen LogP contribution in [0.3, 0.4) is 0 Å². The van der Waals surface area contributed by atoms with Crippen LogP contribution in [-0.2, 0) is 6.54 Å². The lowest BCUT2D eigenvalue weighted by molar-refractivity contribution is 0.216. The first-order chi connectivity index (χ1) is 10.8. The van der Waals surface area contributed by atoms with E-state index in [0.717, 1.165) is 18.7 Å². The molecule has 1 aromatic heterocycles. The van der Waals surface area contributed by atoms with E-state index in [4.69, 9.17) is 4.52 Å². The summed E-state index contributed by atoms with van der Waals surface area (Å²) in [7, 11) is 0. The van der Waals surface area contributed by atoms with Crippen molar-refractivity contribution in [3.63, 3.8) is 0 Å². The zero-order valence-electron chi connectivity index (χ0n) is 12.7. The molecule has 23 heavy (non-hydrogen) atoms. The molecule has 0 saturated carbocycles. The number of nitrogens with zero attached hydrogens (tertiary/aromatic N) is 3. The molecule has 124 valence electrons. The van der Waals surface area contributed by atoms with Crippen molar-refractivity contribution in [2.24, 2.45) is 0 Å². The zero-order chi connectivity index (χ0) is 14.9. The molecule has 2 aromatic rings. The van der Waals surface area contributed by atoms with Crippen LogP contribution < -0.4 is 5.32 Å². The molecule has 2 bridgehead atoms. The minimum absolute atomic E-state index is 0. The van der Waals surface area contributed by atoms with Crippen molar-refractivity contribution in [2.75, 3.05) is 13.1 Å². The lowest BCUT2D eigenvalue weighted by Crippen LogP contribution is -2.35. The molecule has 0 aliphatic carbocycles. The molecular weight excluding hydrogens is 319 g/mol. The van der Waals surface area contributed by atoms with Crippen LogP contribution in [-0.4, -0.2) is 40.2 Å². The van der Waals surface area contributed by atoms with E-state index in [1.165, 1.54) is 31.4 Å². The molecule has 0 amide bonds. The third-order valence-electron chi connectivity index (χ3n) is 4.54. The second-order valence-corrected chi connectivity index (χ2v) is 6.18. The van der Waals surface area contributed by atoms with Crippen LogP contribution in [0.25, 0.3) is 11.4 Å². The summed E-state index contributed by atoms with van der Waals surface area (Å²) in [6.45, 7) is 2.77. The Balaban J connectivity index is 0.00000156. The third-order valence-corrected chi connectivity index (χ3v) is 4.54. The second-order valence-electron chi connectivity index (χ2n) is 6.18. The van der Waals surface area contributed by atoms with Gasteiger partial charge in [0.25, 0.3) is 0 Å². The van der Waals surface area contributed by atoms with Gasteiger partial charge in [0.1, 0.15) is 5.82 Å². The average molecular weight is 339 g/mol. The smallest absolute Gasteiger partial charge is 0.241 e. The van der Waals surface area contributed by atoms with Crippen molar-refractivity contribution in [3.05, 3.63) is 36.0 Å². The molecule has 2 aliphatic rings. The van der Waals surface area contributed by atoms with E-state index in [-0.39, 0.29) is 18.2 Å². The normalized spacial score (nSPS) is 24.2. The van der Waals surface area contributed by atoms with Gasteiger partial charge in [-0.2, -0.15) is 4.98 Å². The summed E-state index contributed by atoms with van der Waals surface area (Å²) in [5, 5.41) is 7.66. The molecule has 7 heteroatoms. The van der Waals surface area contributed by atoms with E-state index in [1.807, 2.05) is 0 Å². The van der Waals surface area contributed by atoms with Gasteiger partial charge in [-0.1, -0.05) is 5.16 Å². The van der Waals surface area contributed by atoms with Gasteiger partial charge in [-0.3, -0.25) is 4.90 Å². The van der Waals surface area contributed by atoms with Crippen molar-refractivity contribution >= 4 is 12.4 Å². The van der Waals surface area contributed by atoms with Crippen LogP contribution >= 0.6 is 12.4 Å². The Morgan fingerprint density at radius 1 is 1.17 bits per heavy atom. The lowest BCUT2D eigenvalue weighted by atomic mass is 10.1. The van der Waals surface area contributed by atoms with Crippen LogP contribution in [0.1, 0.15) is 25.2 Å². The van der Waals surface area contributed by atoms with Gasteiger partial charge < -0.3 is 9.84 Å². The molecule has 1 aromatic carbocycles. The van der Waals surface area contributed by atoms with Crippen molar-refractivity contribution in [1.82, 2.24) is 20.4 Å². The van der Waals surface area contributed by atoms with Gasteiger partial charge in [-0.05, 0) is 43.5 Å². The van der Waals surface area contributed by atoms with Crippen LogP contribution in [0.2, 0.25) is 0 Å². The average Bonchev–Trinajstić information content (AvgIpc) is 3.09. The lowest BCUT2D eigenvalue weighted by Gasteiger charge is -2.21. The highest BCUT2D eigenvalue weighted by Gasteiger charge is 2.29. The molecule has 2 fully saturated rings. The fourth-order valence-electron chi connectivity index (χ4n) is 3.39. The van der Waals surface area contributed by atoms with E-state index in [1.54, 1.807) is 12.1 Å². The molecule has 1 N–H and O–H groups in total. The van der Waals surface area contributed by atoms with Crippen LogP contribution in [0.4, 0.5) is 4.39 Å². The molecule has 2 atom stereocenters. The molecule has 0 radical (unpaired) electrons. The molecule has 2 unspecified atom stereocenters. The topological polar surface area (TPSA) is 54.2 Å². The first-order valence-electron chi connectivity index (χ1n) is 7.83. The number of aromatic nitrogens is 2. The SMILES string of the molecule is Cl.Fc1ccc(-c2noc(CN3CCC4CCC(C3)N4)n2)cc1. The summed E-state index contributed by atoms with van der Waals surface area (Å²) in [6.07, 6.45) is 3.73.